The molecule has 2 heterocycles. The number of hydrogen-bond acceptors (Lipinski definition) is 4. The first-order chi connectivity index (χ1) is 8.86. The van der Waals surface area contributed by atoms with Crippen molar-refractivity contribution in [1.82, 2.24) is 9.97 Å². The fourth-order valence-corrected chi connectivity index (χ4v) is 3.93. The van der Waals surface area contributed by atoms with E-state index in [0.717, 1.165) is 25.8 Å². The first-order valence-corrected chi connectivity index (χ1v) is 8.67. The van der Waals surface area contributed by atoms with Gasteiger partial charge < -0.3 is 0 Å². The Morgan fingerprint density at radius 2 is 1.72 bits per heavy atom. The third kappa shape index (κ3) is 2.48. The standard InChI is InChI=1S/C13H9IN2S2/c14-6-10-7-17-13(15-10)11-8-18-12(16-11)9-4-2-1-3-5-9/h1-5,7-8H,6H2. The molecule has 0 aliphatic heterocycles. The highest BCUT2D eigenvalue weighted by Gasteiger charge is 2.09. The van der Waals surface area contributed by atoms with E-state index in [1.165, 1.54) is 5.56 Å². The molecule has 1 aromatic carbocycles. The molecule has 0 saturated heterocycles. The minimum Gasteiger partial charge on any atom is -0.239 e. The van der Waals surface area contributed by atoms with E-state index in [1.54, 1.807) is 22.7 Å². The minimum absolute atomic E-state index is 0.948. The molecule has 90 valence electrons. The van der Waals surface area contributed by atoms with Gasteiger partial charge >= 0.3 is 0 Å². The van der Waals surface area contributed by atoms with Crippen LogP contribution in [-0.4, -0.2) is 9.97 Å². The van der Waals surface area contributed by atoms with E-state index < -0.39 is 0 Å². The smallest absolute Gasteiger partial charge is 0.143 e. The number of halogens is 1. The molecule has 0 atom stereocenters. The van der Waals surface area contributed by atoms with Gasteiger partial charge in [0, 0.05) is 20.8 Å². The average Bonchev–Trinajstić information content (AvgIpc) is 3.08. The third-order valence-electron chi connectivity index (χ3n) is 2.43. The second kappa shape index (κ2) is 5.46. The van der Waals surface area contributed by atoms with Crippen LogP contribution < -0.4 is 0 Å². The molecule has 0 unspecified atom stereocenters. The fourth-order valence-electron chi connectivity index (χ4n) is 1.57. The number of thiazole rings is 2. The van der Waals surface area contributed by atoms with E-state index >= 15 is 0 Å². The van der Waals surface area contributed by atoms with E-state index in [0.29, 0.717) is 0 Å². The summed E-state index contributed by atoms with van der Waals surface area (Å²) in [5, 5.41) is 6.25. The van der Waals surface area contributed by atoms with Gasteiger partial charge in [-0.15, -0.1) is 22.7 Å². The summed E-state index contributed by atoms with van der Waals surface area (Å²) < 4.78 is 0.948. The van der Waals surface area contributed by atoms with Crippen molar-refractivity contribution in [3.63, 3.8) is 0 Å². The highest BCUT2D eigenvalue weighted by Crippen LogP contribution is 2.30. The van der Waals surface area contributed by atoms with Crippen molar-refractivity contribution in [3.8, 4) is 21.3 Å². The zero-order valence-corrected chi connectivity index (χ0v) is 13.1. The molecule has 0 N–H and O–H groups in total. The predicted octanol–water partition coefficient (Wildman–Crippen LogP) is 4.87. The lowest BCUT2D eigenvalue weighted by Crippen LogP contribution is -1.80. The topological polar surface area (TPSA) is 25.8 Å². The molecule has 0 amide bonds. The first-order valence-electron chi connectivity index (χ1n) is 5.38. The number of alkyl halides is 1. The number of rotatable bonds is 3. The summed E-state index contributed by atoms with van der Waals surface area (Å²) in [5.41, 5.74) is 3.28. The van der Waals surface area contributed by atoms with Gasteiger partial charge in [0.05, 0.1) is 5.69 Å². The molecule has 2 nitrogen and oxygen atoms in total. The molecule has 3 aromatic rings. The fraction of sp³-hybridized carbons (Fsp3) is 0.0769. The van der Waals surface area contributed by atoms with Gasteiger partial charge in [-0.2, -0.15) is 0 Å². The summed E-state index contributed by atoms with van der Waals surface area (Å²) in [7, 11) is 0. The molecule has 0 fully saturated rings. The van der Waals surface area contributed by atoms with Crippen molar-refractivity contribution in [3.05, 3.63) is 46.8 Å². The van der Waals surface area contributed by atoms with Gasteiger partial charge in [-0.25, -0.2) is 9.97 Å². The highest BCUT2D eigenvalue weighted by atomic mass is 127. The van der Waals surface area contributed by atoms with Crippen LogP contribution in [0.4, 0.5) is 0 Å². The molecule has 0 aliphatic rings. The molecule has 5 heteroatoms. The second-order valence-corrected chi connectivity index (χ2v) is 6.16. The lowest BCUT2D eigenvalue weighted by molar-refractivity contribution is 1.24. The Hall–Kier alpha value is -0.790. The van der Waals surface area contributed by atoms with Crippen molar-refractivity contribution in [1.29, 1.82) is 0 Å². The van der Waals surface area contributed by atoms with Crippen molar-refractivity contribution < 1.29 is 0 Å². The number of benzene rings is 1. The Morgan fingerprint density at radius 3 is 2.44 bits per heavy atom. The van der Waals surface area contributed by atoms with Crippen LogP contribution in [0.1, 0.15) is 5.69 Å². The summed E-state index contributed by atoms with van der Waals surface area (Å²) in [4.78, 5) is 9.22. The second-order valence-electron chi connectivity index (χ2n) is 3.68. The highest BCUT2D eigenvalue weighted by molar-refractivity contribution is 14.1. The normalized spacial score (nSPS) is 10.7. The van der Waals surface area contributed by atoms with Crippen LogP contribution in [0.25, 0.3) is 21.3 Å². The number of hydrogen-bond donors (Lipinski definition) is 0. The molecule has 0 saturated carbocycles. The number of nitrogens with zero attached hydrogens (tertiary/aromatic N) is 2. The van der Waals surface area contributed by atoms with Crippen molar-refractivity contribution in [2.24, 2.45) is 0 Å². The summed E-state index contributed by atoms with van der Waals surface area (Å²) in [6.45, 7) is 0. The maximum atomic E-state index is 4.66. The zero-order valence-electron chi connectivity index (χ0n) is 9.34. The summed E-state index contributed by atoms with van der Waals surface area (Å²) in [6.07, 6.45) is 0. The van der Waals surface area contributed by atoms with Crippen LogP contribution in [0.2, 0.25) is 0 Å². The molecule has 18 heavy (non-hydrogen) atoms. The van der Waals surface area contributed by atoms with Gasteiger partial charge in [-0.1, -0.05) is 52.9 Å². The molecular weight excluding hydrogens is 375 g/mol. The van der Waals surface area contributed by atoms with Gasteiger partial charge in [0.2, 0.25) is 0 Å². The molecule has 2 aromatic heterocycles. The van der Waals surface area contributed by atoms with Gasteiger partial charge in [-0.05, 0) is 0 Å². The number of aromatic nitrogens is 2. The zero-order chi connectivity index (χ0) is 12.4. The summed E-state index contributed by atoms with van der Waals surface area (Å²) in [6, 6.07) is 10.3. The van der Waals surface area contributed by atoms with Gasteiger partial charge in [0.25, 0.3) is 0 Å². The minimum atomic E-state index is 0.948. The maximum Gasteiger partial charge on any atom is 0.143 e. The van der Waals surface area contributed by atoms with Crippen LogP contribution in [0.5, 0.6) is 0 Å². The van der Waals surface area contributed by atoms with Gasteiger partial charge in [0.1, 0.15) is 15.7 Å². The molecule has 0 radical (unpaired) electrons. The largest absolute Gasteiger partial charge is 0.239 e. The lowest BCUT2D eigenvalue weighted by atomic mass is 10.2. The van der Waals surface area contributed by atoms with E-state index in [2.05, 4.69) is 55.5 Å². The monoisotopic (exact) mass is 384 g/mol. The summed E-state index contributed by atoms with van der Waals surface area (Å²) in [5.74, 6) is 0. The van der Waals surface area contributed by atoms with E-state index in [9.17, 15) is 0 Å². The maximum absolute atomic E-state index is 4.66. The van der Waals surface area contributed by atoms with Crippen LogP contribution in [0.3, 0.4) is 0 Å². The molecular formula is C13H9IN2S2. The quantitative estimate of drug-likeness (QED) is 0.476. The van der Waals surface area contributed by atoms with E-state index in [4.69, 9.17) is 0 Å². The van der Waals surface area contributed by atoms with E-state index in [1.807, 2.05) is 18.2 Å². The Morgan fingerprint density at radius 1 is 0.944 bits per heavy atom. The molecule has 0 bridgehead atoms. The Kier molecular flexibility index (Phi) is 3.72. The SMILES string of the molecule is ICc1csc(-c2csc(-c3ccccc3)n2)n1. The van der Waals surface area contributed by atoms with E-state index in [-0.39, 0.29) is 0 Å². The Balaban J connectivity index is 1.94. The van der Waals surface area contributed by atoms with Crippen LogP contribution in [-0.2, 0) is 4.43 Å². The Labute approximate surface area is 127 Å². The Bertz CT molecular complexity index is 646. The van der Waals surface area contributed by atoms with Crippen molar-refractivity contribution in [2.45, 2.75) is 4.43 Å². The first kappa shape index (κ1) is 12.3. The van der Waals surface area contributed by atoms with Crippen LogP contribution >= 0.6 is 45.3 Å². The van der Waals surface area contributed by atoms with Crippen LogP contribution in [0, 0.1) is 0 Å². The van der Waals surface area contributed by atoms with Crippen molar-refractivity contribution in [2.75, 3.05) is 0 Å². The van der Waals surface area contributed by atoms with Crippen molar-refractivity contribution >= 4 is 45.3 Å². The summed E-state index contributed by atoms with van der Waals surface area (Å²) >= 11 is 5.66. The van der Waals surface area contributed by atoms with Gasteiger partial charge in [0.15, 0.2) is 0 Å². The molecule has 0 aliphatic carbocycles. The van der Waals surface area contributed by atoms with Crippen LogP contribution in [0.15, 0.2) is 41.1 Å². The molecule has 0 spiro atoms. The predicted molar refractivity (Wildman–Crippen MR) is 86.4 cm³/mol. The average molecular weight is 384 g/mol. The van der Waals surface area contributed by atoms with Gasteiger partial charge in [-0.3, -0.25) is 0 Å². The lowest BCUT2D eigenvalue weighted by Gasteiger charge is -1.93. The third-order valence-corrected chi connectivity index (χ3v) is 5.02. The molecule has 3 rings (SSSR count).